The summed E-state index contributed by atoms with van der Waals surface area (Å²) < 4.78 is 0. The van der Waals surface area contributed by atoms with Crippen LogP contribution in [0.1, 0.15) is 30.5 Å². The van der Waals surface area contributed by atoms with E-state index in [2.05, 4.69) is 79.5 Å². The van der Waals surface area contributed by atoms with Crippen molar-refractivity contribution in [3.63, 3.8) is 0 Å². The van der Waals surface area contributed by atoms with Gasteiger partial charge in [-0.2, -0.15) is 0 Å². The number of anilines is 1. The van der Waals surface area contributed by atoms with Gasteiger partial charge in [0.15, 0.2) is 0 Å². The molecule has 2 heteroatoms. The summed E-state index contributed by atoms with van der Waals surface area (Å²) in [6, 6.07) is 17.6. The number of hydrogen-bond acceptors (Lipinski definition) is 2. The molecule has 0 aliphatic rings. The number of nitrogens with one attached hydrogen (secondary N) is 1. The van der Waals surface area contributed by atoms with Gasteiger partial charge in [0.05, 0.1) is 0 Å². The molecule has 0 aliphatic carbocycles. The van der Waals surface area contributed by atoms with Crippen LogP contribution in [0.5, 0.6) is 0 Å². The summed E-state index contributed by atoms with van der Waals surface area (Å²) >= 11 is 0. The van der Waals surface area contributed by atoms with Crippen LogP contribution in [-0.4, -0.2) is 13.1 Å². The second-order valence-electron chi connectivity index (χ2n) is 5.45. The molecule has 2 rings (SSSR count). The Morgan fingerprint density at radius 2 is 1.71 bits per heavy atom. The molecule has 0 atom stereocenters. The normalized spacial score (nSPS) is 10.6. The molecule has 0 bridgehead atoms. The van der Waals surface area contributed by atoms with Crippen molar-refractivity contribution in [2.45, 2.75) is 33.9 Å². The Bertz CT molecular complexity index is 563. The van der Waals surface area contributed by atoms with Crippen molar-refractivity contribution in [3.8, 4) is 0 Å². The quantitative estimate of drug-likeness (QED) is 0.821. The van der Waals surface area contributed by atoms with Gasteiger partial charge in [0.1, 0.15) is 0 Å². The van der Waals surface area contributed by atoms with Crippen LogP contribution in [0.2, 0.25) is 0 Å². The zero-order valence-electron chi connectivity index (χ0n) is 13.4. The lowest BCUT2D eigenvalue weighted by atomic mass is 10.1. The Kier molecular flexibility index (Phi) is 5.82. The van der Waals surface area contributed by atoms with E-state index in [0.29, 0.717) is 0 Å². The fourth-order valence-corrected chi connectivity index (χ4v) is 2.54. The van der Waals surface area contributed by atoms with Gasteiger partial charge < -0.3 is 10.2 Å². The molecule has 0 saturated carbocycles. The van der Waals surface area contributed by atoms with E-state index in [9.17, 15) is 0 Å². The van der Waals surface area contributed by atoms with Gasteiger partial charge >= 0.3 is 0 Å². The number of benzene rings is 2. The molecule has 0 aromatic heterocycles. The van der Waals surface area contributed by atoms with Crippen LogP contribution in [0.4, 0.5) is 5.69 Å². The van der Waals surface area contributed by atoms with E-state index in [1.807, 2.05) is 0 Å². The third-order valence-electron chi connectivity index (χ3n) is 3.69. The van der Waals surface area contributed by atoms with Crippen LogP contribution in [0.15, 0.2) is 48.5 Å². The highest BCUT2D eigenvalue weighted by Gasteiger charge is 2.06. The zero-order valence-corrected chi connectivity index (χ0v) is 13.4. The van der Waals surface area contributed by atoms with Crippen LogP contribution in [0.3, 0.4) is 0 Å². The van der Waals surface area contributed by atoms with Crippen LogP contribution in [0, 0.1) is 6.92 Å². The molecule has 0 saturated heterocycles. The lowest BCUT2D eigenvalue weighted by Crippen LogP contribution is -2.22. The van der Waals surface area contributed by atoms with Crippen molar-refractivity contribution in [1.82, 2.24) is 5.32 Å². The fraction of sp³-hybridized carbons (Fsp3) is 0.368. The minimum atomic E-state index is 0.945. The van der Waals surface area contributed by atoms with E-state index in [1.54, 1.807) is 0 Å². The fourth-order valence-electron chi connectivity index (χ4n) is 2.54. The lowest BCUT2D eigenvalue weighted by molar-refractivity contribution is 0.725. The molecular formula is C19H26N2. The van der Waals surface area contributed by atoms with Crippen molar-refractivity contribution in [3.05, 3.63) is 65.2 Å². The third kappa shape index (κ3) is 4.61. The first-order valence-electron chi connectivity index (χ1n) is 7.83. The van der Waals surface area contributed by atoms with Crippen LogP contribution >= 0.6 is 0 Å². The van der Waals surface area contributed by atoms with Crippen molar-refractivity contribution in [1.29, 1.82) is 0 Å². The molecule has 0 spiro atoms. The van der Waals surface area contributed by atoms with Gasteiger partial charge in [-0.25, -0.2) is 0 Å². The predicted molar refractivity (Wildman–Crippen MR) is 91.7 cm³/mol. The van der Waals surface area contributed by atoms with E-state index in [4.69, 9.17) is 0 Å². The molecule has 0 radical (unpaired) electrons. The smallest absolute Gasteiger partial charge is 0.0429 e. The van der Waals surface area contributed by atoms with Gasteiger partial charge in [-0.05, 0) is 49.2 Å². The van der Waals surface area contributed by atoms with Gasteiger partial charge in [-0.1, -0.05) is 43.3 Å². The number of aryl methyl sites for hydroxylation is 1. The van der Waals surface area contributed by atoms with E-state index >= 15 is 0 Å². The average Bonchev–Trinajstić information content (AvgIpc) is 2.51. The number of rotatable bonds is 7. The minimum Gasteiger partial charge on any atom is -0.367 e. The standard InChI is InChI=1S/C19H26N2/c1-4-20-14-17-9-7-10-18(13-17)15-21(5-2)19-11-6-8-16(3)12-19/h6-13,20H,4-5,14-15H2,1-3H3. The summed E-state index contributed by atoms with van der Waals surface area (Å²) in [6.07, 6.45) is 0. The summed E-state index contributed by atoms with van der Waals surface area (Å²) in [5.74, 6) is 0. The molecule has 1 N–H and O–H groups in total. The summed E-state index contributed by atoms with van der Waals surface area (Å²) in [4.78, 5) is 2.42. The first kappa shape index (κ1) is 15.6. The Balaban J connectivity index is 2.11. The van der Waals surface area contributed by atoms with E-state index in [1.165, 1.54) is 22.4 Å². The summed E-state index contributed by atoms with van der Waals surface area (Å²) in [5.41, 5.74) is 5.34. The summed E-state index contributed by atoms with van der Waals surface area (Å²) in [5, 5.41) is 3.38. The maximum atomic E-state index is 3.38. The van der Waals surface area contributed by atoms with Crippen molar-refractivity contribution < 1.29 is 0 Å². The largest absolute Gasteiger partial charge is 0.367 e. The van der Waals surface area contributed by atoms with Gasteiger partial charge in [-0.15, -0.1) is 0 Å². The van der Waals surface area contributed by atoms with Gasteiger partial charge in [-0.3, -0.25) is 0 Å². The Morgan fingerprint density at radius 3 is 2.43 bits per heavy atom. The van der Waals surface area contributed by atoms with E-state index in [-0.39, 0.29) is 0 Å². The molecule has 2 aromatic rings. The molecule has 2 aromatic carbocycles. The summed E-state index contributed by atoms with van der Waals surface area (Å²) in [6.45, 7) is 10.4. The van der Waals surface area contributed by atoms with Crippen LogP contribution in [-0.2, 0) is 13.1 Å². The molecule has 112 valence electrons. The summed E-state index contributed by atoms with van der Waals surface area (Å²) in [7, 11) is 0. The first-order chi connectivity index (χ1) is 10.2. The Hall–Kier alpha value is -1.80. The number of nitrogens with zero attached hydrogens (tertiary/aromatic N) is 1. The topological polar surface area (TPSA) is 15.3 Å². The molecule has 0 amide bonds. The maximum Gasteiger partial charge on any atom is 0.0429 e. The van der Waals surface area contributed by atoms with Gasteiger partial charge in [0.25, 0.3) is 0 Å². The van der Waals surface area contributed by atoms with Crippen molar-refractivity contribution in [2.24, 2.45) is 0 Å². The average molecular weight is 282 g/mol. The number of hydrogen-bond donors (Lipinski definition) is 1. The van der Waals surface area contributed by atoms with Gasteiger partial charge in [0, 0.05) is 25.3 Å². The molecule has 0 heterocycles. The van der Waals surface area contributed by atoms with Gasteiger partial charge in [0.2, 0.25) is 0 Å². The minimum absolute atomic E-state index is 0.945. The molecular weight excluding hydrogens is 256 g/mol. The second-order valence-corrected chi connectivity index (χ2v) is 5.45. The highest BCUT2D eigenvalue weighted by molar-refractivity contribution is 5.49. The monoisotopic (exact) mass is 282 g/mol. The highest BCUT2D eigenvalue weighted by atomic mass is 15.1. The highest BCUT2D eigenvalue weighted by Crippen LogP contribution is 2.19. The lowest BCUT2D eigenvalue weighted by Gasteiger charge is -2.24. The molecule has 0 fully saturated rings. The third-order valence-corrected chi connectivity index (χ3v) is 3.69. The zero-order chi connectivity index (χ0) is 15.1. The maximum absolute atomic E-state index is 3.38. The first-order valence-corrected chi connectivity index (χ1v) is 7.83. The second kappa shape index (κ2) is 7.84. The predicted octanol–water partition coefficient (Wildman–Crippen LogP) is 4.13. The Labute approximate surface area is 128 Å². The van der Waals surface area contributed by atoms with Crippen LogP contribution in [0.25, 0.3) is 0 Å². The van der Waals surface area contributed by atoms with E-state index < -0.39 is 0 Å². The molecule has 2 nitrogen and oxygen atoms in total. The van der Waals surface area contributed by atoms with Crippen LogP contribution < -0.4 is 10.2 Å². The van der Waals surface area contributed by atoms with Crippen molar-refractivity contribution in [2.75, 3.05) is 18.0 Å². The molecule has 0 aliphatic heterocycles. The van der Waals surface area contributed by atoms with E-state index in [0.717, 1.165) is 26.2 Å². The SMILES string of the molecule is CCNCc1cccc(CN(CC)c2cccc(C)c2)c1. The molecule has 21 heavy (non-hydrogen) atoms. The molecule has 0 unspecified atom stereocenters. The Morgan fingerprint density at radius 1 is 0.952 bits per heavy atom. The van der Waals surface area contributed by atoms with Crippen molar-refractivity contribution >= 4 is 5.69 Å².